The zero-order chi connectivity index (χ0) is 19.1. The zero-order valence-electron chi connectivity index (χ0n) is 16.4. The molecule has 0 radical (unpaired) electrons. The topological polar surface area (TPSA) is 46.1 Å². The van der Waals surface area contributed by atoms with Crippen molar-refractivity contribution >= 4 is 16.9 Å². The van der Waals surface area contributed by atoms with Crippen LogP contribution in [-0.2, 0) is 13.0 Å². The van der Waals surface area contributed by atoms with Gasteiger partial charge in [-0.2, -0.15) is 0 Å². The molecule has 0 aliphatic carbocycles. The number of aryl methyl sites for hydroxylation is 2. The minimum atomic E-state index is 0.0672. The fraction of sp³-hybridized carbons (Fsp3) is 0.348. The Hall–Kier alpha value is -2.75. The summed E-state index contributed by atoms with van der Waals surface area (Å²) < 4.78 is 0. The average Bonchev–Trinajstić information content (AvgIpc) is 2.67. The molecule has 0 spiro atoms. The van der Waals surface area contributed by atoms with E-state index in [0.717, 1.165) is 35.4 Å². The first-order valence-corrected chi connectivity index (χ1v) is 9.58. The minimum absolute atomic E-state index is 0.0672. The zero-order valence-corrected chi connectivity index (χ0v) is 16.4. The smallest absolute Gasteiger partial charge is 0.254 e. The van der Waals surface area contributed by atoms with Crippen LogP contribution in [0.4, 0.5) is 0 Å². The third-order valence-corrected chi connectivity index (χ3v) is 5.52. The van der Waals surface area contributed by atoms with Gasteiger partial charge in [0.05, 0.1) is 22.4 Å². The van der Waals surface area contributed by atoms with E-state index in [0.29, 0.717) is 18.0 Å². The van der Waals surface area contributed by atoms with Crippen LogP contribution in [0.15, 0.2) is 36.4 Å². The number of hydrogen-bond acceptors (Lipinski definition) is 3. The molecule has 0 unspecified atom stereocenters. The van der Waals surface area contributed by atoms with E-state index < -0.39 is 0 Å². The fourth-order valence-electron chi connectivity index (χ4n) is 3.66. The van der Waals surface area contributed by atoms with E-state index in [1.54, 1.807) is 0 Å². The Morgan fingerprint density at radius 2 is 1.70 bits per heavy atom. The standard InChI is InChI=1S/C23H25N3O/c1-14(2)18-6-5-17-9-10-26(13-20(17)11-18)23(27)19-7-8-21-22(12-19)25-16(4)15(3)24-21/h5-8,11-12,14H,9-10,13H2,1-4H3. The molecule has 27 heavy (non-hydrogen) atoms. The largest absolute Gasteiger partial charge is 0.334 e. The van der Waals surface area contributed by atoms with Crippen LogP contribution in [-0.4, -0.2) is 27.3 Å². The van der Waals surface area contributed by atoms with Gasteiger partial charge in [0.15, 0.2) is 0 Å². The Bertz CT molecular complexity index is 1040. The maximum Gasteiger partial charge on any atom is 0.254 e. The molecule has 1 amide bonds. The van der Waals surface area contributed by atoms with Crippen molar-refractivity contribution in [2.24, 2.45) is 0 Å². The molecule has 0 N–H and O–H groups in total. The van der Waals surface area contributed by atoms with Gasteiger partial charge in [-0.25, -0.2) is 9.97 Å². The van der Waals surface area contributed by atoms with Gasteiger partial charge in [-0.1, -0.05) is 32.0 Å². The lowest BCUT2D eigenvalue weighted by atomic mass is 9.93. The van der Waals surface area contributed by atoms with Crippen LogP contribution in [0.25, 0.3) is 11.0 Å². The Kier molecular flexibility index (Phi) is 4.42. The van der Waals surface area contributed by atoms with Gasteiger partial charge < -0.3 is 4.90 Å². The van der Waals surface area contributed by atoms with E-state index in [1.165, 1.54) is 16.7 Å². The maximum atomic E-state index is 13.1. The van der Waals surface area contributed by atoms with Crippen molar-refractivity contribution in [2.45, 2.75) is 46.6 Å². The van der Waals surface area contributed by atoms with Gasteiger partial charge in [0.2, 0.25) is 0 Å². The number of nitrogens with zero attached hydrogens (tertiary/aromatic N) is 3. The van der Waals surface area contributed by atoms with E-state index in [4.69, 9.17) is 0 Å². The lowest BCUT2D eigenvalue weighted by molar-refractivity contribution is 0.0735. The summed E-state index contributed by atoms with van der Waals surface area (Å²) in [6.07, 6.45) is 0.908. The van der Waals surface area contributed by atoms with Crippen LogP contribution in [0.1, 0.15) is 58.2 Å². The summed E-state index contributed by atoms with van der Waals surface area (Å²) in [4.78, 5) is 24.2. The van der Waals surface area contributed by atoms with Crippen LogP contribution in [0.2, 0.25) is 0 Å². The monoisotopic (exact) mass is 359 g/mol. The molecule has 4 heteroatoms. The Balaban J connectivity index is 1.62. The molecule has 1 aliphatic rings. The van der Waals surface area contributed by atoms with E-state index in [2.05, 4.69) is 42.0 Å². The second-order valence-electron chi connectivity index (χ2n) is 7.76. The third-order valence-electron chi connectivity index (χ3n) is 5.52. The van der Waals surface area contributed by atoms with E-state index in [-0.39, 0.29) is 5.91 Å². The number of carbonyl (C=O) groups excluding carboxylic acids is 1. The van der Waals surface area contributed by atoms with Crippen LogP contribution < -0.4 is 0 Å². The predicted octanol–water partition coefficient (Wildman–Crippen LogP) is 4.57. The summed E-state index contributed by atoms with van der Waals surface area (Å²) in [5.74, 6) is 0.560. The molecule has 0 saturated heterocycles. The Labute approximate surface area is 160 Å². The minimum Gasteiger partial charge on any atom is -0.334 e. The molecule has 3 aromatic rings. The van der Waals surface area contributed by atoms with E-state index in [1.807, 2.05) is 36.9 Å². The molecule has 4 rings (SSSR count). The number of carbonyl (C=O) groups is 1. The highest BCUT2D eigenvalue weighted by Crippen LogP contribution is 2.25. The van der Waals surface area contributed by atoms with Gasteiger partial charge in [-0.05, 0) is 61.1 Å². The average molecular weight is 359 g/mol. The fourth-order valence-corrected chi connectivity index (χ4v) is 3.66. The van der Waals surface area contributed by atoms with E-state index >= 15 is 0 Å². The molecule has 0 atom stereocenters. The first kappa shape index (κ1) is 17.7. The number of rotatable bonds is 2. The summed E-state index contributed by atoms with van der Waals surface area (Å²) in [6, 6.07) is 12.3. The molecule has 4 nitrogen and oxygen atoms in total. The number of benzene rings is 2. The highest BCUT2D eigenvalue weighted by Gasteiger charge is 2.22. The lowest BCUT2D eigenvalue weighted by Crippen LogP contribution is -2.36. The predicted molar refractivity (Wildman–Crippen MR) is 108 cm³/mol. The quantitative estimate of drug-likeness (QED) is 0.673. The molecule has 1 aliphatic heterocycles. The Morgan fingerprint density at radius 1 is 0.963 bits per heavy atom. The van der Waals surface area contributed by atoms with Gasteiger partial charge in [-0.15, -0.1) is 0 Å². The Morgan fingerprint density at radius 3 is 2.44 bits per heavy atom. The van der Waals surface area contributed by atoms with Crippen molar-refractivity contribution in [3.05, 3.63) is 70.0 Å². The number of aromatic nitrogens is 2. The summed E-state index contributed by atoms with van der Waals surface area (Å²) in [7, 11) is 0. The number of amides is 1. The van der Waals surface area contributed by atoms with Gasteiger partial charge in [0.1, 0.15) is 0 Å². The second-order valence-corrected chi connectivity index (χ2v) is 7.76. The molecule has 0 saturated carbocycles. The van der Waals surface area contributed by atoms with Crippen LogP contribution in [0.3, 0.4) is 0 Å². The van der Waals surface area contributed by atoms with Crippen molar-refractivity contribution in [3.63, 3.8) is 0 Å². The third kappa shape index (κ3) is 3.32. The van der Waals surface area contributed by atoms with Crippen molar-refractivity contribution in [2.75, 3.05) is 6.54 Å². The molecular weight excluding hydrogens is 334 g/mol. The summed E-state index contributed by atoms with van der Waals surface area (Å²) in [5, 5.41) is 0. The van der Waals surface area contributed by atoms with E-state index in [9.17, 15) is 4.79 Å². The van der Waals surface area contributed by atoms with Crippen molar-refractivity contribution in [3.8, 4) is 0 Å². The SMILES string of the molecule is Cc1nc2ccc(C(=O)N3CCc4ccc(C(C)C)cc4C3)cc2nc1C. The van der Waals surface area contributed by atoms with Gasteiger partial charge in [-0.3, -0.25) is 4.79 Å². The van der Waals surface area contributed by atoms with Crippen molar-refractivity contribution in [1.29, 1.82) is 0 Å². The summed E-state index contributed by atoms with van der Waals surface area (Å²) >= 11 is 0. The summed E-state index contributed by atoms with van der Waals surface area (Å²) in [6.45, 7) is 9.73. The highest BCUT2D eigenvalue weighted by molar-refractivity contribution is 5.97. The molecule has 0 fully saturated rings. The van der Waals surface area contributed by atoms with Crippen molar-refractivity contribution < 1.29 is 4.79 Å². The normalized spacial score (nSPS) is 13.9. The molecule has 2 heterocycles. The molecule has 2 aromatic carbocycles. The highest BCUT2D eigenvalue weighted by atomic mass is 16.2. The molecule has 1 aromatic heterocycles. The lowest BCUT2D eigenvalue weighted by Gasteiger charge is -2.29. The second kappa shape index (κ2) is 6.76. The van der Waals surface area contributed by atoms with Gasteiger partial charge >= 0.3 is 0 Å². The molecule has 138 valence electrons. The number of fused-ring (bicyclic) bond motifs is 2. The molecule has 0 bridgehead atoms. The summed E-state index contributed by atoms with van der Waals surface area (Å²) in [5.41, 5.74) is 8.09. The van der Waals surface area contributed by atoms with Gasteiger partial charge in [0, 0.05) is 18.7 Å². The first-order chi connectivity index (χ1) is 12.9. The maximum absolute atomic E-state index is 13.1. The van der Waals surface area contributed by atoms with Crippen molar-refractivity contribution in [1.82, 2.24) is 14.9 Å². The molecular formula is C23H25N3O. The van der Waals surface area contributed by atoms with Gasteiger partial charge in [0.25, 0.3) is 5.91 Å². The first-order valence-electron chi connectivity index (χ1n) is 9.58. The number of hydrogen-bond donors (Lipinski definition) is 0. The van der Waals surface area contributed by atoms with Crippen LogP contribution in [0, 0.1) is 13.8 Å². The van der Waals surface area contributed by atoms with Crippen LogP contribution >= 0.6 is 0 Å². The van der Waals surface area contributed by atoms with Crippen LogP contribution in [0.5, 0.6) is 0 Å².